The van der Waals surface area contributed by atoms with Crippen LogP contribution in [0.4, 0.5) is 4.79 Å². The van der Waals surface area contributed by atoms with Gasteiger partial charge in [0.15, 0.2) is 0 Å². The van der Waals surface area contributed by atoms with Crippen molar-refractivity contribution < 1.29 is 9.53 Å². The maximum absolute atomic E-state index is 11.1. The summed E-state index contributed by atoms with van der Waals surface area (Å²) >= 11 is 0. The van der Waals surface area contributed by atoms with E-state index >= 15 is 0 Å². The van der Waals surface area contributed by atoms with Crippen molar-refractivity contribution in [1.82, 2.24) is 4.90 Å². The van der Waals surface area contributed by atoms with Gasteiger partial charge in [0, 0.05) is 12.4 Å². The predicted octanol–water partition coefficient (Wildman–Crippen LogP) is 2.04. The van der Waals surface area contributed by atoms with Crippen molar-refractivity contribution in [3.63, 3.8) is 0 Å². The van der Waals surface area contributed by atoms with Gasteiger partial charge in [-0.15, -0.1) is 0 Å². The lowest BCUT2D eigenvalue weighted by atomic mass is 10.5. The Morgan fingerprint density at radius 2 is 1.83 bits per heavy atom. The maximum atomic E-state index is 11.1. The Hall–Kier alpha value is -1.51. The number of nitrogens with zero attached hydrogens (tertiary/aromatic N) is 1. The van der Waals surface area contributed by atoms with Crippen molar-refractivity contribution in [1.29, 1.82) is 0 Å². The fourth-order valence-corrected chi connectivity index (χ4v) is 0.783. The zero-order chi connectivity index (χ0) is 8.81. The van der Waals surface area contributed by atoms with Crippen molar-refractivity contribution >= 4 is 6.09 Å². The number of hydrogen-bond acceptors (Lipinski definition) is 2. The molecule has 0 N–H and O–H groups in total. The lowest BCUT2D eigenvalue weighted by molar-refractivity contribution is 0.133. The van der Waals surface area contributed by atoms with Gasteiger partial charge in [-0.1, -0.05) is 12.2 Å². The molecule has 1 amide bonds. The predicted molar refractivity (Wildman–Crippen MR) is 46.3 cm³/mol. The third kappa shape index (κ3) is 2.27. The zero-order valence-corrected chi connectivity index (χ0v) is 6.93. The Labute approximate surface area is 71.6 Å². The van der Waals surface area contributed by atoms with Crippen molar-refractivity contribution in [3.8, 4) is 0 Å². The molecule has 0 aromatic carbocycles. The molecule has 0 radical (unpaired) electrons. The molecule has 1 aliphatic heterocycles. The van der Waals surface area contributed by atoms with Crippen LogP contribution in [0.15, 0.2) is 36.7 Å². The van der Waals surface area contributed by atoms with Crippen LogP contribution < -0.4 is 0 Å². The molecule has 3 heteroatoms. The van der Waals surface area contributed by atoms with Crippen LogP contribution in [0.5, 0.6) is 0 Å². The van der Waals surface area contributed by atoms with Crippen molar-refractivity contribution in [2.45, 2.75) is 6.92 Å². The summed E-state index contributed by atoms with van der Waals surface area (Å²) in [6.45, 7) is 2.17. The van der Waals surface area contributed by atoms with E-state index < -0.39 is 0 Å². The normalized spacial score (nSPS) is 14.6. The molecule has 3 nitrogen and oxygen atoms in total. The third-order valence-corrected chi connectivity index (χ3v) is 1.31. The van der Waals surface area contributed by atoms with Crippen molar-refractivity contribution in [3.05, 3.63) is 36.7 Å². The topological polar surface area (TPSA) is 29.5 Å². The molecule has 0 saturated carbocycles. The Bertz CT molecular complexity index is 225. The van der Waals surface area contributed by atoms with Gasteiger partial charge in [-0.05, 0) is 19.1 Å². The smallest absolute Gasteiger partial charge is 0.417 e. The van der Waals surface area contributed by atoms with Crippen LogP contribution in [-0.4, -0.2) is 17.6 Å². The Balaban J connectivity index is 2.57. The fourth-order valence-electron chi connectivity index (χ4n) is 0.783. The van der Waals surface area contributed by atoms with Crippen LogP contribution in [0.3, 0.4) is 0 Å². The number of carbonyl (C=O) groups is 1. The summed E-state index contributed by atoms with van der Waals surface area (Å²) in [5, 5.41) is 0. The molecule has 1 aliphatic rings. The number of allylic oxidation sites excluding steroid dienone is 4. The lowest BCUT2D eigenvalue weighted by Crippen LogP contribution is -2.20. The lowest BCUT2D eigenvalue weighted by Gasteiger charge is -2.11. The van der Waals surface area contributed by atoms with Gasteiger partial charge in [-0.2, -0.15) is 0 Å². The molecule has 1 heterocycles. The molecule has 12 heavy (non-hydrogen) atoms. The second-order valence-corrected chi connectivity index (χ2v) is 2.17. The Kier molecular flexibility index (Phi) is 3.14. The van der Waals surface area contributed by atoms with Gasteiger partial charge >= 0.3 is 6.09 Å². The maximum Gasteiger partial charge on any atom is 0.417 e. The van der Waals surface area contributed by atoms with Gasteiger partial charge < -0.3 is 4.74 Å². The SMILES string of the molecule is CCOC(=O)N1C=CC=CC=C1. The molecule has 0 unspecified atom stereocenters. The van der Waals surface area contributed by atoms with E-state index in [1.54, 1.807) is 31.5 Å². The molecule has 0 aromatic heterocycles. The van der Waals surface area contributed by atoms with Crippen LogP contribution in [0.2, 0.25) is 0 Å². The van der Waals surface area contributed by atoms with Crippen LogP contribution >= 0.6 is 0 Å². The largest absolute Gasteiger partial charge is 0.449 e. The van der Waals surface area contributed by atoms with Gasteiger partial charge in [0.25, 0.3) is 0 Å². The fraction of sp³-hybridized carbons (Fsp3) is 0.222. The molecule has 0 saturated heterocycles. The van der Waals surface area contributed by atoms with E-state index in [1.165, 1.54) is 4.90 Å². The van der Waals surface area contributed by atoms with E-state index in [1.807, 2.05) is 12.2 Å². The first-order valence-electron chi connectivity index (χ1n) is 3.81. The van der Waals surface area contributed by atoms with Gasteiger partial charge in [0.05, 0.1) is 6.61 Å². The number of hydrogen-bond donors (Lipinski definition) is 0. The van der Waals surface area contributed by atoms with Crippen LogP contribution in [0.25, 0.3) is 0 Å². The highest BCUT2D eigenvalue weighted by Gasteiger charge is 2.07. The molecule has 0 atom stereocenters. The van der Waals surface area contributed by atoms with E-state index in [2.05, 4.69) is 0 Å². The summed E-state index contributed by atoms with van der Waals surface area (Å²) in [7, 11) is 0. The number of carbonyl (C=O) groups excluding carboxylic acids is 1. The number of rotatable bonds is 1. The molecule has 0 fully saturated rings. The first-order chi connectivity index (χ1) is 5.84. The average molecular weight is 165 g/mol. The summed E-state index contributed by atoms with van der Waals surface area (Å²) in [6.07, 6.45) is 10.2. The van der Waals surface area contributed by atoms with Gasteiger partial charge in [-0.25, -0.2) is 4.79 Å². The van der Waals surface area contributed by atoms with Gasteiger partial charge in [0.2, 0.25) is 0 Å². The summed E-state index contributed by atoms with van der Waals surface area (Å²) in [6, 6.07) is 0. The Morgan fingerprint density at radius 3 is 2.33 bits per heavy atom. The zero-order valence-electron chi connectivity index (χ0n) is 6.93. The highest BCUT2D eigenvalue weighted by Crippen LogP contribution is 2.00. The van der Waals surface area contributed by atoms with Crippen LogP contribution in [0, 0.1) is 0 Å². The second kappa shape index (κ2) is 4.38. The average Bonchev–Trinajstić information content (AvgIpc) is 2.32. The Morgan fingerprint density at radius 1 is 1.25 bits per heavy atom. The highest BCUT2D eigenvalue weighted by molar-refractivity contribution is 5.70. The molecule has 0 aromatic rings. The van der Waals surface area contributed by atoms with Crippen molar-refractivity contribution in [2.24, 2.45) is 0 Å². The molecule has 1 rings (SSSR count). The highest BCUT2D eigenvalue weighted by atomic mass is 16.5. The number of ether oxygens (including phenoxy) is 1. The first kappa shape index (κ1) is 8.59. The minimum Gasteiger partial charge on any atom is -0.449 e. The molecular formula is C9H11NO2. The molecule has 64 valence electrons. The van der Waals surface area contributed by atoms with E-state index in [0.717, 1.165) is 0 Å². The summed E-state index contributed by atoms with van der Waals surface area (Å²) < 4.78 is 4.79. The monoisotopic (exact) mass is 165 g/mol. The molecule has 0 spiro atoms. The minimum absolute atomic E-state index is 0.353. The minimum atomic E-state index is -0.353. The quantitative estimate of drug-likeness (QED) is 0.595. The molecule has 0 aliphatic carbocycles. The number of amides is 1. The summed E-state index contributed by atoms with van der Waals surface area (Å²) in [5.74, 6) is 0. The standard InChI is InChI=1S/C9H11NO2/c1-2-12-9(11)10-7-5-3-4-6-8-10/h3-8H,2H2,1H3. The van der Waals surface area contributed by atoms with Gasteiger partial charge in [-0.3, -0.25) is 4.90 Å². The van der Waals surface area contributed by atoms with E-state index in [-0.39, 0.29) is 6.09 Å². The first-order valence-corrected chi connectivity index (χ1v) is 3.81. The van der Waals surface area contributed by atoms with Crippen LogP contribution in [0.1, 0.15) is 6.92 Å². The summed E-state index contributed by atoms with van der Waals surface area (Å²) in [4.78, 5) is 12.5. The summed E-state index contributed by atoms with van der Waals surface area (Å²) in [5.41, 5.74) is 0. The second-order valence-electron chi connectivity index (χ2n) is 2.17. The van der Waals surface area contributed by atoms with E-state index in [4.69, 9.17) is 4.74 Å². The molecule has 0 bridgehead atoms. The van der Waals surface area contributed by atoms with Gasteiger partial charge in [0.1, 0.15) is 0 Å². The molecular weight excluding hydrogens is 154 g/mol. The van der Waals surface area contributed by atoms with E-state index in [0.29, 0.717) is 6.61 Å². The van der Waals surface area contributed by atoms with Crippen LogP contribution in [-0.2, 0) is 4.74 Å². The third-order valence-electron chi connectivity index (χ3n) is 1.31. The van der Waals surface area contributed by atoms with Crippen molar-refractivity contribution in [2.75, 3.05) is 6.61 Å². The van der Waals surface area contributed by atoms with E-state index in [9.17, 15) is 4.79 Å².